The third kappa shape index (κ3) is 7.52. The van der Waals surface area contributed by atoms with E-state index in [1.807, 2.05) is 30.3 Å². The number of rotatable bonds is 8. The number of carbonyl (C=O) groups is 2. The molecule has 5 nitrogen and oxygen atoms in total. The maximum atomic E-state index is 11.8. The van der Waals surface area contributed by atoms with E-state index in [-0.39, 0.29) is 23.8 Å². The Labute approximate surface area is 161 Å². The Balaban J connectivity index is 1.61. The van der Waals surface area contributed by atoms with Gasteiger partial charge in [-0.05, 0) is 41.7 Å². The summed E-state index contributed by atoms with van der Waals surface area (Å²) in [6.45, 7) is 6.92. The monoisotopic (exact) mass is 368 g/mol. The number of amides is 2. The molecule has 0 aliphatic carbocycles. The summed E-state index contributed by atoms with van der Waals surface area (Å²) >= 11 is 0. The Bertz CT molecular complexity index is 734. The molecule has 0 unspecified atom stereocenters. The summed E-state index contributed by atoms with van der Waals surface area (Å²) in [6.07, 6.45) is 0.909. The third-order valence-electron chi connectivity index (χ3n) is 4.04. The fraction of sp³-hybridized carbons (Fsp3) is 0.364. The molecular formula is C22H28N2O3. The van der Waals surface area contributed by atoms with E-state index in [1.165, 1.54) is 5.56 Å². The highest BCUT2D eigenvalue weighted by Crippen LogP contribution is 2.24. The first-order valence-corrected chi connectivity index (χ1v) is 9.19. The lowest BCUT2D eigenvalue weighted by atomic mass is 9.87. The van der Waals surface area contributed by atoms with Crippen LogP contribution in [0.3, 0.4) is 0 Å². The maximum absolute atomic E-state index is 11.8. The van der Waals surface area contributed by atoms with Gasteiger partial charge in [0.25, 0.3) is 0 Å². The molecule has 0 radical (unpaired) electrons. The summed E-state index contributed by atoms with van der Waals surface area (Å²) in [5.74, 6) is 0.389. The third-order valence-corrected chi connectivity index (χ3v) is 4.04. The second kappa shape index (κ2) is 9.76. The Morgan fingerprint density at radius 3 is 2.22 bits per heavy atom. The topological polar surface area (TPSA) is 67.4 Å². The van der Waals surface area contributed by atoms with Gasteiger partial charge in [-0.25, -0.2) is 0 Å². The van der Waals surface area contributed by atoms with Crippen molar-refractivity contribution in [2.75, 3.05) is 18.5 Å². The number of para-hydroxylation sites is 1. The molecule has 2 amide bonds. The van der Waals surface area contributed by atoms with Crippen LogP contribution in [-0.2, 0) is 15.0 Å². The van der Waals surface area contributed by atoms with E-state index >= 15 is 0 Å². The molecule has 0 heterocycles. The first kappa shape index (κ1) is 20.5. The number of carbonyl (C=O) groups excluding carboxylic acids is 2. The van der Waals surface area contributed by atoms with Gasteiger partial charge in [0.05, 0.1) is 13.2 Å². The predicted molar refractivity (Wildman–Crippen MR) is 108 cm³/mol. The largest absolute Gasteiger partial charge is 0.494 e. The molecule has 2 rings (SSSR count). The minimum atomic E-state index is -0.246. The summed E-state index contributed by atoms with van der Waals surface area (Å²) in [5, 5.41) is 5.34. The first-order chi connectivity index (χ1) is 12.8. The van der Waals surface area contributed by atoms with Gasteiger partial charge in [0.15, 0.2) is 0 Å². The zero-order chi connectivity index (χ0) is 19.7. The molecule has 144 valence electrons. The minimum Gasteiger partial charge on any atom is -0.494 e. The SMILES string of the molecule is CC(C)(C)c1ccc(OCCCC(=O)NCC(=O)Nc2ccccc2)cc1. The molecule has 0 aliphatic rings. The molecule has 0 bridgehead atoms. The summed E-state index contributed by atoms with van der Waals surface area (Å²) in [4.78, 5) is 23.6. The van der Waals surface area contributed by atoms with E-state index in [9.17, 15) is 9.59 Å². The van der Waals surface area contributed by atoms with Crippen molar-refractivity contribution < 1.29 is 14.3 Å². The molecule has 0 fully saturated rings. The van der Waals surface area contributed by atoms with E-state index in [0.29, 0.717) is 25.1 Å². The van der Waals surface area contributed by atoms with Crippen molar-refractivity contribution >= 4 is 17.5 Å². The zero-order valence-electron chi connectivity index (χ0n) is 16.2. The van der Waals surface area contributed by atoms with E-state index in [2.05, 4.69) is 43.5 Å². The number of ether oxygens (including phenoxy) is 1. The Kier molecular flexibility index (Phi) is 7.41. The van der Waals surface area contributed by atoms with E-state index in [1.54, 1.807) is 12.1 Å². The van der Waals surface area contributed by atoms with Gasteiger partial charge in [-0.1, -0.05) is 51.1 Å². The quantitative estimate of drug-likeness (QED) is 0.695. The second-order valence-corrected chi connectivity index (χ2v) is 7.42. The van der Waals surface area contributed by atoms with E-state index in [4.69, 9.17) is 4.74 Å². The summed E-state index contributed by atoms with van der Waals surface area (Å²) in [6, 6.07) is 17.2. The summed E-state index contributed by atoms with van der Waals surface area (Å²) < 4.78 is 5.67. The molecule has 0 spiro atoms. The van der Waals surface area contributed by atoms with Crippen LogP contribution in [0, 0.1) is 0 Å². The van der Waals surface area contributed by atoms with Crippen LogP contribution in [0.1, 0.15) is 39.2 Å². The highest BCUT2D eigenvalue weighted by Gasteiger charge is 2.13. The molecule has 0 saturated carbocycles. The standard InChI is InChI=1S/C22H28N2O3/c1-22(2,3)17-11-13-19(14-12-17)27-15-7-10-20(25)23-16-21(26)24-18-8-5-4-6-9-18/h4-6,8-9,11-14H,7,10,15-16H2,1-3H3,(H,23,25)(H,24,26). The van der Waals surface area contributed by atoms with Crippen molar-refractivity contribution in [1.82, 2.24) is 5.32 Å². The smallest absolute Gasteiger partial charge is 0.243 e. The minimum absolute atomic E-state index is 0.0388. The van der Waals surface area contributed by atoms with E-state index < -0.39 is 0 Å². The van der Waals surface area contributed by atoms with Crippen LogP contribution in [0.2, 0.25) is 0 Å². The number of hydrogen-bond donors (Lipinski definition) is 2. The van der Waals surface area contributed by atoms with Crippen LogP contribution >= 0.6 is 0 Å². The normalized spacial score (nSPS) is 10.9. The van der Waals surface area contributed by atoms with Gasteiger partial charge in [0.2, 0.25) is 11.8 Å². The summed E-state index contributed by atoms with van der Waals surface area (Å²) in [5.41, 5.74) is 2.08. The molecule has 27 heavy (non-hydrogen) atoms. The van der Waals surface area contributed by atoms with Gasteiger partial charge in [-0.3, -0.25) is 9.59 Å². The van der Waals surface area contributed by atoms with Crippen molar-refractivity contribution in [3.05, 3.63) is 60.2 Å². The molecule has 2 N–H and O–H groups in total. The number of hydrogen-bond acceptors (Lipinski definition) is 3. The van der Waals surface area contributed by atoms with Gasteiger partial charge in [-0.2, -0.15) is 0 Å². The molecule has 0 saturated heterocycles. The molecule has 5 heteroatoms. The van der Waals surface area contributed by atoms with Crippen LogP contribution < -0.4 is 15.4 Å². The zero-order valence-corrected chi connectivity index (χ0v) is 16.2. The molecule has 2 aromatic rings. The lowest BCUT2D eigenvalue weighted by molar-refractivity contribution is -0.124. The van der Waals surface area contributed by atoms with Gasteiger partial charge < -0.3 is 15.4 Å². The van der Waals surface area contributed by atoms with Crippen LogP contribution in [0.15, 0.2) is 54.6 Å². The lowest BCUT2D eigenvalue weighted by Crippen LogP contribution is -2.32. The van der Waals surface area contributed by atoms with Gasteiger partial charge in [-0.15, -0.1) is 0 Å². The van der Waals surface area contributed by atoms with Crippen molar-refractivity contribution in [2.45, 2.75) is 39.0 Å². The maximum Gasteiger partial charge on any atom is 0.243 e. The number of anilines is 1. The van der Waals surface area contributed by atoms with Crippen molar-refractivity contribution in [2.24, 2.45) is 0 Å². The average Bonchev–Trinajstić information content (AvgIpc) is 2.64. The molecule has 2 aromatic carbocycles. The molecule has 0 aliphatic heterocycles. The number of nitrogens with one attached hydrogen (secondary N) is 2. The first-order valence-electron chi connectivity index (χ1n) is 9.19. The average molecular weight is 368 g/mol. The van der Waals surface area contributed by atoms with Gasteiger partial charge in [0.1, 0.15) is 5.75 Å². The highest BCUT2D eigenvalue weighted by molar-refractivity contribution is 5.94. The van der Waals surface area contributed by atoms with Gasteiger partial charge >= 0.3 is 0 Å². The van der Waals surface area contributed by atoms with E-state index in [0.717, 1.165) is 5.75 Å². The molecule has 0 atom stereocenters. The van der Waals surface area contributed by atoms with Crippen molar-refractivity contribution in [3.63, 3.8) is 0 Å². The summed E-state index contributed by atoms with van der Waals surface area (Å²) in [7, 11) is 0. The predicted octanol–water partition coefficient (Wildman–Crippen LogP) is 3.90. The van der Waals surface area contributed by atoms with Crippen molar-refractivity contribution in [1.29, 1.82) is 0 Å². The number of benzene rings is 2. The van der Waals surface area contributed by atoms with Crippen LogP contribution in [0.4, 0.5) is 5.69 Å². The molecule has 0 aromatic heterocycles. The van der Waals surface area contributed by atoms with Gasteiger partial charge in [0, 0.05) is 12.1 Å². The fourth-order valence-corrected chi connectivity index (χ4v) is 2.47. The van der Waals surface area contributed by atoms with Crippen molar-refractivity contribution in [3.8, 4) is 5.75 Å². The Morgan fingerprint density at radius 1 is 0.926 bits per heavy atom. The Morgan fingerprint density at radius 2 is 1.59 bits per heavy atom. The van der Waals surface area contributed by atoms with Crippen LogP contribution in [0.5, 0.6) is 5.75 Å². The fourth-order valence-electron chi connectivity index (χ4n) is 2.47. The Hall–Kier alpha value is -2.82. The highest BCUT2D eigenvalue weighted by atomic mass is 16.5. The van der Waals surface area contributed by atoms with Crippen LogP contribution in [0.25, 0.3) is 0 Å². The van der Waals surface area contributed by atoms with Crippen LogP contribution in [-0.4, -0.2) is 25.0 Å². The second-order valence-electron chi connectivity index (χ2n) is 7.42. The lowest BCUT2D eigenvalue weighted by Gasteiger charge is -2.19. The molecular weight excluding hydrogens is 340 g/mol.